The fourth-order valence-corrected chi connectivity index (χ4v) is 6.74. The molecule has 0 saturated heterocycles. The van der Waals surface area contributed by atoms with Crippen LogP contribution in [0.25, 0.3) is 0 Å². The first-order valence-corrected chi connectivity index (χ1v) is 11.5. The molecule has 0 fully saturated rings. The summed E-state index contributed by atoms with van der Waals surface area (Å²) in [6.07, 6.45) is 12.1. The zero-order valence-electron chi connectivity index (χ0n) is 15.0. The molecule has 1 nitrogen and oxygen atoms in total. The number of rotatable bonds is 1. The Morgan fingerprint density at radius 3 is 2.33 bits per heavy atom. The minimum atomic E-state index is 0.465. The molecule has 0 bridgehead atoms. The molecule has 2 aromatic rings. The predicted molar refractivity (Wildman–Crippen MR) is 118 cm³/mol. The van der Waals surface area contributed by atoms with Crippen molar-refractivity contribution in [1.82, 2.24) is 0 Å². The molecule has 0 radical (unpaired) electrons. The lowest BCUT2D eigenvalue weighted by Gasteiger charge is -2.51. The van der Waals surface area contributed by atoms with Gasteiger partial charge >= 0.3 is 0 Å². The SMILES string of the molecule is Brc1ccc([C@@H]2[C@@H]3CC=C[C@@H]3c3cc(Br)cc4c3N2C[C@@H]2CC=C[C@H]42)cc1. The van der Waals surface area contributed by atoms with Crippen molar-refractivity contribution >= 4 is 37.5 Å². The Hall–Kier alpha value is -1.32. The van der Waals surface area contributed by atoms with Gasteiger partial charge in [-0.3, -0.25) is 0 Å². The van der Waals surface area contributed by atoms with Crippen LogP contribution in [0.4, 0.5) is 5.69 Å². The molecular weight excluding hydrogens is 462 g/mol. The van der Waals surface area contributed by atoms with Crippen LogP contribution < -0.4 is 4.90 Å². The molecule has 2 aliphatic heterocycles. The summed E-state index contributed by atoms with van der Waals surface area (Å²) >= 11 is 7.43. The van der Waals surface area contributed by atoms with E-state index >= 15 is 0 Å². The van der Waals surface area contributed by atoms with Gasteiger partial charge in [0.05, 0.1) is 6.04 Å². The highest BCUT2D eigenvalue weighted by Gasteiger charge is 2.47. The van der Waals surface area contributed by atoms with Gasteiger partial charge in [-0.05, 0) is 65.6 Å². The van der Waals surface area contributed by atoms with Crippen molar-refractivity contribution in [3.8, 4) is 0 Å². The van der Waals surface area contributed by atoms with Gasteiger partial charge in [0.2, 0.25) is 0 Å². The van der Waals surface area contributed by atoms with E-state index in [0.29, 0.717) is 29.7 Å². The van der Waals surface area contributed by atoms with Crippen LogP contribution in [-0.4, -0.2) is 6.54 Å². The van der Waals surface area contributed by atoms with Crippen molar-refractivity contribution < 1.29 is 0 Å². The van der Waals surface area contributed by atoms with Crippen molar-refractivity contribution in [3.05, 3.63) is 86.3 Å². The van der Waals surface area contributed by atoms with Crippen LogP contribution in [0.1, 0.15) is 47.4 Å². The Kier molecular flexibility index (Phi) is 3.75. The first-order chi connectivity index (χ1) is 13.2. The molecule has 0 spiro atoms. The molecular formula is C24H21Br2N. The molecule has 6 rings (SSSR count). The highest BCUT2D eigenvalue weighted by atomic mass is 79.9. The Morgan fingerprint density at radius 2 is 1.52 bits per heavy atom. The van der Waals surface area contributed by atoms with Gasteiger partial charge in [0.15, 0.2) is 0 Å². The number of fused-ring (bicyclic) bond motifs is 4. The van der Waals surface area contributed by atoms with E-state index in [9.17, 15) is 0 Å². The quantitative estimate of drug-likeness (QED) is 0.391. The molecule has 0 aromatic heterocycles. The van der Waals surface area contributed by atoms with E-state index in [-0.39, 0.29) is 0 Å². The Balaban J connectivity index is 1.59. The third-order valence-corrected chi connectivity index (χ3v) is 8.01. The van der Waals surface area contributed by atoms with Gasteiger partial charge in [-0.2, -0.15) is 0 Å². The molecule has 5 atom stereocenters. The van der Waals surface area contributed by atoms with Gasteiger partial charge in [0.1, 0.15) is 0 Å². The van der Waals surface area contributed by atoms with Gasteiger partial charge in [-0.15, -0.1) is 0 Å². The van der Waals surface area contributed by atoms with Crippen LogP contribution >= 0.6 is 31.9 Å². The van der Waals surface area contributed by atoms with E-state index in [0.717, 1.165) is 4.47 Å². The van der Waals surface area contributed by atoms with Gasteiger partial charge in [0, 0.05) is 33.0 Å². The first kappa shape index (κ1) is 16.6. The van der Waals surface area contributed by atoms with Crippen molar-refractivity contribution in [2.45, 2.75) is 30.7 Å². The van der Waals surface area contributed by atoms with Gasteiger partial charge in [-0.1, -0.05) is 68.3 Å². The lowest BCUT2D eigenvalue weighted by atomic mass is 9.71. The lowest BCUT2D eigenvalue weighted by molar-refractivity contribution is 0.335. The second-order valence-corrected chi connectivity index (χ2v) is 10.2. The topological polar surface area (TPSA) is 3.24 Å². The predicted octanol–water partition coefficient (Wildman–Crippen LogP) is 7.11. The summed E-state index contributed by atoms with van der Waals surface area (Å²) in [5.41, 5.74) is 6.04. The molecule has 4 aliphatic rings. The summed E-state index contributed by atoms with van der Waals surface area (Å²) in [5, 5.41) is 0. The molecule has 27 heavy (non-hydrogen) atoms. The van der Waals surface area contributed by atoms with Gasteiger partial charge < -0.3 is 4.90 Å². The van der Waals surface area contributed by atoms with Crippen LogP contribution in [0.2, 0.25) is 0 Å². The molecule has 3 heteroatoms. The maximum atomic E-state index is 3.82. The number of halogens is 2. The molecule has 2 heterocycles. The van der Waals surface area contributed by atoms with E-state index in [1.54, 1.807) is 0 Å². The van der Waals surface area contributed by atoms with Crippen LogP contribution in [0.3, 0.4) is 0 Å². The fraction of sp³-hybridized carbons (Fsp3) is 0.333. The first-order valence-electron chi connectivity index (χ1n) is 9.89. The van der Waals surface area contributed by atoms with Crippen LogP contribution in [0, 0.1) is 11.8 Å². The van der Waals surface area contributed by atoms with Crippen LogP contribution in [0.15, 0.2) is 69.6 Å². The van der Waals surface area contributed by atoms with Crippen molar-refractivity contribution in [1.29, 1.82) is 0 Å². The van der Waals surface area contributed by atoms with E-state index < -0.39 is 0 Å². The smallest absolute Gasteiger partial charge is 0.0582 e. The third kappa shape index (κ3) is 2.40. The standard InChI is InChI=1S/C24H21Br2N/c25-16-9-7-14(8-10-16)23-20-6-2-5-19(20)22-12-17(26)11-21-18-4-1-3-15(18)13-27(23)24(21)22/h1-2,4-5,7-12,15,18-20,23H,3,6,13H2/t15-,18-,19-,20+,23+/m0/s1. The Bertz CT molecular complexity index is 957. The number of allylic oxidation sites excluding steroid dienone is 4. The van der Waals surface area contributed by atoms with Gasteiger partial charge in [0.25, 0.3) is 0 Å². The van der Waals surface area contributed by atoms with E-state index in [4.69, 9.17) is 0 Å². The third-order valence-electron chi connectivity index (χ3n) is 7.03. The normalized spacial score (nSPS) is 32.4. The summed E-state index contributed by atoms with van der Waals surface area (Å²) in [7, 11) is 0. The Labute approximate surface area is 177 Å². The number of benzene rings is 2. The summed E-state index contributed by atoms with van der Waals surface area (Å²) in [6.45, 7) is 1.17. The van der Waals surface area contributed by atoms with Crippen molar-refractivity contribution in [3.63, 3.8) is 0 Å². The molecule has 0 unspecified atom stereocenters. The average Bonchev–Trinajstić information content (AvgIpc) is 3.32. The van der Waals surface area contributed by atoms with E-state index in [2.05, 4.69) is 97.5 Å². The molecule has 136 valence electrons. The summed E-state index contributed by atoms with van der Waals surface area (Å²) in [4.78, 5) is 2.77. The summed E-state index contributed by atoms with van der Waals surface area (Å²) < 4.78 is 2.39. The lowest BCUT2D eigenvalue weighted by Crippen LogP contribution is -2.46. The van der Waals surface area contributed by atoms with Gasteiger partial charge in [-0.25, -0.2) is 0 Å². The van der Waals surface area contributed by atoms with Crippen molar-refractivity contribution in [2.75, 3.05) is 11.4 Å². The minimum Gasteiger partial charge on any atom is -0.363 e. The summed E-state index contributed by atoms with van der Waals surface area (Å²) in [5.74, 6) is 2.46. The zero-order chi connectivity index (χ0) is 18.1. The minimum absolute atomic E-state index is 0.465. The molecule has 0 amide bonds. The molecule has 0 saturated carbocycles. The van der Waals surface area contributed by atoms with Crippen molar-refractivity contribution in [2.24, 2.45) is 11.8 Å². The second-order valence-electron chi connectivity index (χ2n) is 8.38. The molecule has 0 N–H and O–H groups in total. The van der Waals surface area contributed by atoms with E-state index in [1.165, 1.54) is 46.2 Å². The highest BCUT2D eigenvalue weighted by Crippen LogP contribution is 2.59. The maximum absolute atomic E-state index is 3.82. The zero-order valence-corrected chi connectivity index (χ0v) is 18.2. The van der Waals surface area contributed by atoms with Crippen LogP contribution in [-0.2, 0) is 0 Å². The molecule has 2 aromatic carbocycles. The fourth-order valence-electron chi connectivity index (χ4n) is 5.98. The second kappa shape index (κ2) is 6.09. The largest absolute Gasteiger partial charge is 0.363 e. The van der Waals surface area contributed by atoms with Crippen LogP contribution in [0.5, 0.6) is 0 Å². The number of hydrogen-bond donors (Lipinski definition) is 0. The average molecular weight is 483 g/mol. The van der Waals surface area contributed by atoms with E-state index in [1.807, 2.05) is 0 Å². The monoisotopic (exact) mass is 481 g/mol. The highest BCUT2D eigenvalue weighted by molar-refractivity contribution is 9.10. The number of hydrogen-bond acceptors (Lipinski definition) is 1. The summed E-state index contributed by atoms with van der Waals surface area (Å²) in [6, 6.07) is 14.3. The number of anilines is 1. The Morgan fingerprint density at radius 1 is 0.815 bits per heavy atom. The molecule has 2 aliphatic carbocycles. The maximum Gasteiger partial charge on any atom is 0.0582 e. The number of nitrogens with zero attached hydrogens (tertiary/aromatic N) is 1.